The van der Waals surface area contributed by atoms with Crippen molar-refractivity contribution in [3.63, 3.8) is 0 Å². The van der Waals surface area contributed by atoms with E-state index in [0.717, 1.165) is 11.8 Å². The Bertz CT molecular complexity index is 671. The molecule has 1 aromatic carbocycles. The lowest BCUT2D eigenvalue weighted by Gasteiger charge is -2.32. The Morgan fingerprint density at radius 3 is 2.41 bits per heavy atom. The minimum atomic E-state index is -4.58. The maximum absolute atomic E-state index is 13.1. The summed E-state index contributed by atoms with van der Waals surface area (Å²) in [6.07, 6.45) is -3.30. The second-order valence-corrected chi connectivity index (χ2v) is 6.55. The molecular formula is C16H16F3NO2. The minimum Gasteiger partial charge on any atom is -0.452 e. The number of fused-ring (bicyclic) bond motifs is 2. The molecular weight excluding hydrogens is 295 g/mol. The number of hydrogen-bond donors (Lipinski definition) is 0. The maximum Gasteiger partial charge on any atom is 0.449 e. The van der Waals surface area contributed by atoms with Crippen molar-refractivity contribution in [1.29, 1.82) is 0 Å². The van der Waals surface area contributed by atoms with E-state index in [4.69, 9.17) is 9.57 Å². The fourth-order valence-corrected chi connectivity index (χ4v) is 2.56. The standard InChI is InChI=1S/C16H16F3NO2/c1-14(2,3)12-8-15(22-20-12)9-13(16(17,18)19)21-11-7-5-4-6-10(11)15/h4-7,9H,8H2,1-3H3/t15-/m1/s1. The third kappa shape index (κ3) is 2.36. The van der Waals surface area contributed by atoms with E-state index in [1.54, 1.807) is 18.2 Å². The molecule has 1 aromatic rings. The molecule has 3 rings (SSSR count). The number of allylic oxidation sites excluding steroid dienone is 1. The van der Waals surface area contributed by atoms with Crippen LogP contribution in [0.3, 0.4) is 0 Å². The van der Waals surface area contributed by atoms with Crippen LogP contribution in [-0.2, 0) is 10.4 Å². The molecule has 1 atom stereocenters. The lowest BCUT2D eigenvalue weighted by atomic mass is 9.79. The van der Waals surface area contributed by atoms with Gasteiger partial charge in [0.05, 0.1) is 5.71 Å². The van der Waals surface area contributed by atoms with E-state index < -0.39 is 17.5 Å². The van der Waals surface area contributed by atoms with Gasteiger partial charge < -0.3 is 9.57 Å². The fourth-order valence-electron chi connectivity index (χ4n) is 2.56. The number of oxime groups is 1. The summed E-state index contributed by atoms with van der Waals surface area (Å²) in [6, 6.07) is 6.59. The molecule has 0 amide bonds. The SMILES string of the molecule is CC(C)(C)C1=NO[C@@]2(C=C(C(F)(F)F)Oc3ccccc32)C1. The van der Waals surface area contributed by atoms with Crippen LogP contribution in [0.15, 0.2) is 41.3 Å². The highest BCUT2D eigenvalue weighted by molar-refractivity contribution is 5.91. The van der Waals surface area contributed by atoms with Gasteiger partial charge in [0.1, 0.15) is 5.75 Å². The molecule has 0 saturated carbocycles. The van der Waals surface area contributed by atoms with Gasteiger partial charge in [0, 0.05) is 23.5 Å². The molecule has 0 bridgehead atoms. The number of ether oxygens (including phenoxy) is 1. The average molecular weight is 311 g/mol. The zero-order chi connectivity index (χ0) is 16.2. The number of rotatable bonds is 0. The van der Waals surface area contributed by atoms with Gasteiger partial charge in [-0.15, -0.1) is 0 Å². The Kier molecular flexibility index (Phi) is 3.06. The lowest BCUT2D eigenvalue weighted by molar-refractivity contribution is -0.122. The molecule has 2 heterocycles. The molecule has 0 unspecified atom stereocenters. The van der Waals surface area contributed by atoms with Crippen molar-refractivity contribution in [2.45, 2.75) is 39.0 Å². The predicted molar refractivity (Wildman–Crippen MR) is 75.5 cm³/mol. The van der Waals surface area contributed by atoms with E-state index in [1.807, 2.05) is 20.8 Å². The van der Waals surface area contributed by atoms with E-state index in [0.29, 0.717) is 5.56 Å². The van der Waals surface area contributed by atoms with E-state index in [1.165, 1.54) is 6.07 Å². The predicted octanol–water partition coefficient (Wildman–Crippen LogP) is 4.54. The van der Waals surface area contributed by atoms with Gasteiger partial charge in [0.25, 0.3) is 0 Å². The van der Waals surface area contributed by atoms with Crippen molar-refractivity contribution in [2.24, 2.45) is 10.6 Å². The zero-order valence-electron chi connectivity index (χ0n) is 12.5. The van der Waals surface area contributed by atoms with Gasteiger partial charge in [-0.3, -0.25) is 0 Å². The minimum absolute atomic E-state index is 0.155. The monoisotopic (exact) mass is 311 g/mol. The third-order valence-electron chi connectivity index (χ3n) is 3.82. The first-order chi connectivity index (χ1) is 10.1. The molecule has 0 radical (unpaired) electrons. The van der Waals surface area contributed by atoms with Crippen molar-refractivity contribution in [3.05, 3.63) is 41.7 Å². The van der Waals surface area contributed by atoms with Gasteiger partial charge in [0.2, 0.25) is 5.76 Å². The summed E-state index contributed by atoms with van der Waals surface area (Å²) in [6.45, 7) is 5.86. The average Bonchev–Trinajstić information content (AvgIpc) is 2.83. The number of alkyl halides is 3. The van der Waals surface area contributed by atoms with Gasteiger partial charge in [0.15, 0.2) is 5.60 Å². The molecule has 6 heteroatoms. The molecule has 0 aliphatic carbocycles. The quantitative estimate of drug-likeness (QED) is 0.704. The van der Waals surface area contributed by atoms with Crippen LogP contribution in [0, 0.1) is 5.41 Å². The summed E-state index contributed by atoms with van der Waals surface area (Å²) in [5.41, 5.74) is -0.237. The number of nitrogens with zero attached hydrogens (tertiary/aromatic N) is 1. The Morgan fingerprint density at radius 2 is 1.82 bits per heavy atom. The lowest BCUT2D eigenvalue weighted by Crippen LogP contribution is -2.34. The fraction of sp³-hybridized carbons (Fsp3) is 0.438. The first kappa shape index (κ1) is 14.9. The van der Waals surface area contributed by atoms with Gasteiger partial charge in [-0.25, -0.2) is 0 Å². The second-order valence-electron chi connectivity index (χ2n) is 6.55. The highest BCUT2D eigenvalue weighted by Crippen LogP contribution is 2.49. The van der Waals surface area contributed by atoms with Crippen LogP contribution in [0.5, 0.6) is 5.75 Å². The molecule has 22 heavy (non-hydrogen) atoms. The first-order valence-electron chi connectivity index (χ1n) is 6.95. The highest BCUT2D eigenvalue weighted by Gasteiger charge is 2.51. The Labute approximate surface area is 126 Å². The van der Waals surface area contributed by atoms with Crippen LogP contribution in [0.4, 0.5) is 13.2 Å². The van der Waals surface area contributed by atoms with Crippen LogP contribution < -0.4 is 4.74 Å². The van der Waals surface area contributed by atoms with Gasteiger partial charge >= 0.3 is 6.18 Å². The second kappa shape index (κ2) is 4.51. The third-order valence-corrected chi connectivity index (χ3v) is 3.82. The zero-order valence-corrected chi connectivity index (χ0v) is 12.5. The Balaban J connectivity index is 2.08. The highest BCUT2D eigenvalue weighted by atomic mass is 19.4. The smallest absolute Gasteiger partial charge is 0.449 e. The molecule has 2 aliphatic rings. The van der Waals surface area contributed by atoms with Crippen LogP contribution in [0.2, 0.25) is 0 Å². The topological polar surface area (TPSA) is 30.8 Å². The number of benzene rings is 1. The van der Waals surface area contributed by atoms with E-state index >= 15 is 0 Å². The molecule has 2 aliphatic heterocycles. The molecule has 0 aromatic heterocycles. The summed E-state index contributed by atoms with van der Waals surface area (Å²) in [5.74, 6) is -0.903. The Morgan fingerprint density at radius 1 is 1.14 bits per heavy atom. The maximum atomic E-state index is 13.1. The first-order valence-corrected chi connectivity index (χ1v) is 6.95. The summed E-state index contributed by atoms with van der Waals surface area (Å²) >= 11 is 0. The molecule has 3 nitrogen and oxygen atoms in total. The summed E-state index contributed by atoms with van der Waals surface area (Å²) < 4.78 is 44.4. The summed E-state index contributed by atoms with van der Waals surface area (Å²) in [7, 11) is 0. The summed E-state index contributed by atoms with van der Waals surface area (Å²) in [4.78, 5) is 5.50. The van der Waals surface area contributed by atoms with E-state index in [2.05, 4.69) is 5.16 Å². The van der Waals surface area contributed by atoms with Crippen molar-refractivity contribution in [1.82, 2.24) is 0 Å². The number of para-hydroxylation sites is 1. The molecule has 1 spiro atoms. The van der Waals surface area contributed by atoms with Gasteiger partial charge in [-0.2, -0.15) is 13.2 Å². The van der Waals surface area contributed by atoms with Crippen molar-refractivity contribution in [2.75, 3.05) is 0 Å². The van der Waals surface area contributed by atoms with Crippen LogP contribution in [0.1, 0.15) is 32.8 Å². The van der Waals surface area contributed by atoms with Crippen molar-refractivity contribution < 1.29 is 22.7 Å². The van der Waals surface area contributed by atoms with Crippen LogP contribution in [0.25, 0.3) is 0 Å². The van der Waals surface area contributed by atoms with Crippen LogP contribution in [-0.4, -0.2) is 11.9 Å². The van der Waals surface area contributed by atoms with Crippen LogP contribution >= 0.6 is 0 Å². The molecule has 118 valence electrons. The Hall–Kier alpha value is -1.98. The number of hydrogen-bond acceptors (Lipinski definition) is 3. The largest absolute Gasteiger partial charge is 0.452 e. The normalized spacial score (nSPS) is 24.3. The van der Waals surface area contributed by atoms with Gasteiger partial charge in [-0.05, 0) is 6.07 Å². The molecule has 0 N–H and O–H groups in total. The van der Waals surface area contributed by atoms with E-state index in [9.17, 15) is 13.2 Å². The van der Waals surface area contributed by atoms with Crippen molar-refractivity contribution >= 4 is 5.71 Å². The number of halogens is 3. The van der Waals surface area contributed by atoms with Crippen molar-refractivity contribution in [3.8, 4) is 5.75 Å². The summed E-state index contributed by atoms with van der Waals surface area (Å²) in [5, 5.41) is 4.05. The molecule has 0 fully saturated rings. The van der Waals surface area contributed by atoms with E-state index in [-0.39, 0.29) is 17.6 Å². The molecule has 0 saturated heterocycles. The van der Waals surface area contributed by atoms with Gasteiger partial charge in [-0.1, -0.05) is 44.1 Å².